The molecule has 0 aromatic heterocycles. The van der Waals surface area contributed by atoms with E-state index in [0.29, 0.717) is 42.5 Å². The molecule has 1 amide bonds. The lowest BCUT2D eigenvalue weighted by Crippen LogP contribution is -2.47. The molecule has 1 N–H and O–H groups in total. The van der Waals surface area contributed by atoms with Crippen LogP contribution < -0.4 is 14.5 Å². The molecule has 0 saturated carbocycles. The lowest BCUT2D eigenvalue weighted by Gasteiger charge is -2.36. The molecule has 2 aliphatic heterocycles. The van der Waals surface area contributed by atoms with E-state index < -0.39 is 10.0 Å². The highest BCUT2D eigenvalue weighted by molar-refractivity contribution is 9.10. The van der Waals surface area contributed by atoms with Crippen molar-refractivity contribution >= 4 is 54.8 Å². The van der Waals surface area contributed by atoms with Gasteiger partial charge in [0, 0.05) is 60.9 Å². The van der Waals surface area contributed by atoms with E-state index in [1.54, 1.807) is 17.9 Å². The van der Waals surface area contributed by atoms with E-state index in [-0.39, 0.29) is 10.8 Å². The summed E-state index contributed by atoms with van der Waals surface area (Å²) in [6.07, 6.45) is 1.71. The highest BCUT2D eigenvalue weighted by Crippen LogP contribution is 2.37. The lowest BCUT2D eigenvalue weighted by atomic mass is 10.2. The summed E-state index contributed by atoms with van der Waals surface area (Å²) in [6.45, 7) is 7.15. The molecule has 2 heterocycles. The Labute approximate surface area is 215 Å². The predicted molar refractivity (Wildman–Crippen MR) is 140 cm³/mol. The lowest BCUT2D eigenvalue weighted by molar-refractivity contribution is -0.118. The van der Waals surface area contributed by atoms with E-state index in [0.717, 1.165) is 49.0 Å². The number of carbonyl (C=O) groups excluding carboxylic acids is 1. The summed E-state index contributed by atoms with van der Waals surface area (Å²) in [7, 11) is -3.75. The number of sulfonamides is 1. The second kappa shape index (κ2) is 11.0. The summed E-state index contributed by atoms with van der Waals surface area (Å²) < 4.78 is 29.8. The van der Waals surface area contributed by atoms with Gasteiger partial charge >= 0.3 is 0 Å². The smallest absolute Gasteiger partial charge is 0.242 e. The van der Waals surface area contributed by atoms with Crippen LogP contribution in [0.5, 0.6) is 0 Å². The minimum absolute atomic E-state index is 0.0607. The Hall–Kier alpha value is -1.65. The molecule has 1 fully saturated rings. The van der Waals surface area contributed by atoms with Crippen LogP contribution in [0.2, 0.25) is 5.02 Å². The average Bonchev–Trinajstić information content (AvgIpc) is 3.25. The van der Waals surface area contributed by atoms with Crippen LogP contribution in [0, 0.1) is 0 Å². The molecule has 2 aromatic rings. The molecule has 7 nitrogen and oxygen atoms in total. The second-order valence-electron chi connectivity index (χ2n) is 8.62. The van der Waals surface area contributed by atoms with Gasteiger partial charge in [0.25, 0.3) is 0 Å². The van der Waals surface area contributed by atoms with Crippen LogP contribution in [0.25, 0.3) is 0 Å². The van der Waals surface area contributed by atoms with Crippen molar-refractivity contribution in [2.75, 3.05) is 55.6 Å². The van der Waals surface area contributed by atoms with Gasteiger partial charge in [-0.05, 0) is 55.3 Å². The SMILES string of the molecule is CCC(=O)N1CCc2cc(Br)cc(S(=O)(=O)NCCCN3CCN(c4cccc(Cl)c4)CC3)c21. The third-order valence-electron chi connectivity index (χ3n) is 6.38. The van der Waals surface area contributed by atoms with Crippen molar-refractivity contribution in [3.63, 3.8) is 0 Å². The molecule has 34 heavy (non-hydrogen) atoms. The van der Waals surface area contributed by atoms with Crippen LogP contribution in [-0.2, 0) is 21.2 Å². The molecule has 0 atom stereocenters. The first-order chi connectivity index (χ1) is 16.3. The van der Waals surface area contributed by atoms with Crippen LogP contribution in [0.15, 0.2) is 45.8 Å². The van der Waals surface area contributed by atoms with Gasteiger partial charge in [-0.1, -0.05) is 40.5 Å². The summed E-state index contributed by atoms with van der Waals surface area (Å²) in [5, 5.41) is 0.741. The predicted octanol–water partition coefficient (Wildman–Crippen LogP) is 3.89. The maximum atomic E-state index is 13.2. The number of nitrogens with zero attached hydrogens (tertiary/aromatic N) is 3. The first-order valence-corrected chi connectivity index (χ1v) is 14.3. The number of nitrogens with one attached hydrogen (secondary N) is 1. The van der Waals surface area contributed by atoms with Gasteiger partial charge in [0.1, 0.15) is 4.90 Å². The number of carbonyl (C=O) groups is 1. The van der Waals surface area contributed by atoms with Gasteiger partial charge in [0.05, 0.1) is 5.69 Å². The number of halogens is 2. The maximum absolute atomic E-state index is 13.2. The number of fused-ring (bicyclic) bond motifs is 1. The van der Waals surface area contributed by atoms with Gasteiger partial charge in [-0.3, -0.25) is 9.69 Å². The molecule has 0 radical (unpaired) electrons. The van der Waals surface area contributed by atoms with Crippen molar-refractivity contribution in [3.05, 3.63) is 51.5 Å². The van der Waals surface area contributed by atoms with Crippen molar-refractivity contribution in [1.82, 2.24) is 9.62 Å². The molecular weight excluding hydrogens is 540 g/mol. The molecule has 2 aliphatic rings. The van der Waals surface area contributed by atoms with Crippen molar-refractivity contribution in [1.29, 1.82) is 0 Å². The number of amides is 1. The first kappa shape index (κ1) is 25.4. The number of hydrogen-bond donors (Lipinski definition) is 1. The fourth-order valence-electron chi connectivity index (χ4n) is 4.60. The molecular formula is C24H30BrClN4O3S. The summed E-state index contributed by atoms with van der Waals surface area (Å²) in [6, 6.07) is 11.4. The molecule has 184 valence electrons. The van der Waals surface area contributed by atoms with E-state index in [4.69, 9.17) is 11.6 Å². The summed E-state index contributed by atoms with van der Waals surface area (Å²) in [5.74, 6) is -0.0607. The summed E-state index contributed by atoms with van der Waals surface area (Å²) in [5.41, 5.74) is 2.55. The molecule has 10 heteroatoms. The zero-order valence-corrected chi connectivity index (χ0v) is 22.4. The molecule has 1 saturated heterocycles. The monoisotopic (exact) mass is 568 g/mol. The normalized spacial score (nSPS) is 16.7. The van der Waals surface area contributed by atoms with Gasteiger partial charge in [0.15, 0.2) is 0 Å². The van der Waals surface area contributed by atoms with Crippen molar-refractivity contribution in [3.8, 4) is 0 Å². The Balaban J connectivity index is 1.32. The molecule has 0 spiro atoms. The largest absolute Gasteiger partial charge is 0.369 e. The highest BCUT2D eigenvalue weighted by atomic mass is 79.9. The fourth-order valence-corrected chi connectivity index (χ4v) is 6.79. The molecule has 0 unspecified atom stereocenters. The molecule has 4 rings (SSSR count). The third kappa shape index (κ3) is 5.76. The van der Waals surface area contributed by atoms with E-state index in [2.05, 4.69) is 36.5 Å². The summed E-state index contributed by atoms with van der Waals surface area (Å²) >= 11 is 9.54. The Morgan fingerprint density at radius 1 is 1.12 bits per heavy atom. The van der Waals surface area contributed by atoms with E-state index in [1.807, 2.05) is 24.3 Å². The van der Waals surface area contributed by atoms with Gasteiger partial charge in [-0.25, -0.2) is 13.1 Å². The van der Waals surface area contributed by atoms with E-state index in [1.165, 1.54) is 0 Å². The molecule has 0 bridgehead atoms. The topological polar surface area (TPSA) is 73.0 Å². The quantitative estimate of drug-likeness (QED) is 0.489. The zero-order chi connectivity index (χ0) is 24.3. The van der Waals surface area contributed by atoms with E-state index in [9.17, 15) is 13.2 Å². The number of benzene rings is 2. The van der Waals surface area contributed by atoms with Gasteiger partial charge in [0.2, 0.25) is 15.9 Å². The fraction of sp³-hybridized carbons (Fsp3) is 0.458. The average molecular weight is 570 g/mol. The van der Waals surface area contributed by atoms with Crippen molar-refractivity contribution < 1.29 is 13.2 Å². The summed E-state index contributed by atoms with van der Waals surface area (Å²) in [4.78, 5) is 18.8. The van der Waals surface area contributed by atoms with Crippen LogP contribution in [0.1, 0.15) is 25.3 Å². The van der Waals surface area contributed by atoms with E-state index >= 15 is 0 Å². The Kier molecular flexibility index (Phi) is 8.20. The Morgan fingerprint density at radius 2 is 1.88 bits per heavy atom. The number of rotatable bonds is 8. The van der Waals surface area contributed by atoms with Crippen LogP contribution in [0.4, 0.5) is 11.4 Å². The van der Waals surface area contributed by atoms with Crippen molar-refractivity contribution in [2.45, 2.75) is 31.1 Å². The van der Waals surface area contributed by atoms with Crippen molar-refractivity contribution in [2.24, 2.45) is 0 Å². The van der Waals surface area contributed by atoms with Gasteiger partial charge in [-0.15, -0.1) is 0 Å². The maximum Gasteiger partial charge on any atom is 0.242 e. The van der Waals surface area contributed by atoms with Gasteiger partial charge in [-0.2, -0.15) is 0 Å². The Morgan fingerprint density at radius 3 is 2.59 bits per heavy atom. The first-order valence-electron chi connectivity index (χ1n) is 11.6. The van der Waals surface area contributed by atoms with Gasteiger partial charge < -0.3 is 9.80 Å². The van der Waals surface area contributed by atoms with Crippen LogP contribution >= 0.6 is 27.5 Å². The van der Waals surface area contributed by atoms with Crippen LogP contribution in [0.3, 0.4) is 0 Å². The minimum Gasteiger partial charge on any atom is -0.369 e. The third-order valence-corrected chi connectivity index (χ3v) is 8.54. The number of anilines is 2. The molecule has 2 aromatic carbocycles. The highest BCUT2D eigenvalue weighted by Gasteiger charge is 2.32. The van der Waals surface area contributed by atoms with Crippen LogP contribution in [-0.4, -0.2) is 65.0 Å². The number of hydrogen-bond acceptors (Lipinski definition) is 5. The zero-order valence-electron chi connectivity index (χ0n) is 19.3. The minimum atomic E-state index is -3.75. The number of piperazine rings is 1. The standard InChI is InChI=1S/C24H30BrClN4O3S/c1-2-23(31)30-10-7-18-15-19(25)16-22(24(18)30)34(32,33)27-8-4-9-28-11-13-29(14-12-28)21-6-3-5-20(26)17-21/h3,5-6,15-17,27H,2,4,7-14H2,1H3. The Bertz CT molecular complexity index is 1150. The second-order valence-corrected chi connectivity index (χ2v) is 11.7. The molecule has 0 aliphatic carbocycles.